The Morgan fingerprint density at radius 1 is 1.09 bits per heavy atom. The standard InChI is InChI=1S/C31H36F3N4O6S/c1-20-10-11-21(2)26(14-20)38(13-12-36(19-39)18-28(38)43-30(40)31(32,33)34)27-17-37(16-25(27)15-24-8-6-5-7-9-24)45(41,42)29-22(3)35-44-23(29)4/h5-11,14,19,25,27-28H,12-13,15-18H2,1-4H3/q+1/t25-,27-,28?,38-/m0/s1. The maximum absolute atomic E-state index is 14.1. The maximum Gasteiger partial charge on any atom is 0.491 e. The first kappa shape index (κ1) is 32.6. The van der Waals surface area contributed by atoms with Gasteiger partial charge in [-0.25, -0.2) is 17.7 Å². The van der Waals surface area contributed by atoms with E-state index in [1.54, 1.807) is 0 Å². The number of rotatable bonds is 8. The second kappa shape index (κ2) is 12.2. The van der Waals surface area contributed by atoms with Gasteiger partial charge in [-0.3, -0.25) is 4.79 Å². The van der Waals surface area contributed by atoms with Gasteiger partial charge in [0, 0.05) is 24.1 Å². The van der Waals surface area contributed by atoms with Gasteiger partial charge in [0.05, 0.1) is 13.1 Å². The molecule has 2 aliphatic rings. The fourth-order valence-electron chi connectivity index (χ4n) is 6.92. The van der Waals surface area contributed by atoms with E-state index in [9.17, 15) is 31.2 Å². The van der Waals surface area contributed by atoms with Gasteiger partial charge >= 0.3 is 12.1 Å². The molecule has 2 saturated heterocycles. The Bertz CT molecular complexity index is 1660. The molecule has 5 rings (SSSR count). The van der Waals surface area contributed by atoms with E-state index >= 15 is 0 Å². The molecule has 1 amide bonds. The quantitative estimate of drug-likeness (QED) is 0.206. The summed E-state index contributed by atoms with van der Waals surface area (Å²) >= 11 is 0. The summed E-state index contributed by atoms with van der Waals surface area (Å²) in [6.07, 6.45) is -5.82. The molecule has 3 aromatic rings. The number of amides is 1. The molecule has 3 heterocycles. The Kier molecular flexibility index (Phi) is 8.86. The fourth-order valence-corrected chi connectivity index (χ4v) is 8.72. The molecule has 14 heteroatoms. The van der Waals surface area contributed by atoms with Crippen LogP contribution in [-0.4, -0.2) is 86.3 Å². The molecule has 242 valence electrons. The molecule has 2 fully saturated rings. The average molecular weight is 650 g/mol. The largest absolute Gasteiger partial charge is 0.491 e. The number of halogens is 3. The number of benzene rings is 2. The Labute approximate surface area is 260 Å². The molecule has 45 heavy (non-hydrogen) atoms. The number of hydrogen-bond acceptors (Lipinski definition) is 7. The van der Waals surface area contributed by atoms with Gasteiger partial charge in [-0.05, 0) is 45.2 Å². The minimum absolute atomic E-state index is 0.0498. The van der Waals surface area contributed by atoms with Crippen LogP contribution < -0.4 is 4.48 Å². The van der Waals surface area contributed by atoms with Gasteiger partial charge in [0.1, 0.15) is 35.4 Å². The molecule has 4 atom stereocenters. The lowest BCUT2D eigenvalue weighted by molar-refractivity contribution is -0.218. The Balaban J connectivity index is 1.71. The molecular weight excluding hydrogens is 613 g/mol. The number of piperazine rings is 1. The van der Waals surface area contributed by atoms with Crippen molar-refractivity contribution in [3.05, 3.63) is 76.7 Å². The van der Waals surface area contributed by atoms with Crippen molar-refractivity contribution in [1.82, 2.24) is 18.8 Å². The number of hydrogen-bond donors (Lipinski definition) is 0. The second-order valence-electron chi connectivity index (χ2n) is 11.9. The third-order valence-corrected chi connectivity index (χ3v) is 11.0. The molecule has 0 bridgehead atoms. The SMILES string of the molecule is Cc1ccc(C)c([N@+]2([C@H]3CN(S(=O)(=O)c4c(C)noc4C)C[C@@H]3Cc3ccccc3)CCN(C=O)CC2OC(=O)C(F)(F)F)c1. The summed E-state index contributed by atoms with van der Waals surface area (Å²) in [4.78, 5) is 25.6. The third-order valence-electron chi connectivity index (χ3n) is 8.97. The van der Waals surface area contributed by atoms with E-state index < -0.39 is 40.4 Å². The summed E-state index contributed by atoms with van der Waals surface area (Å²) in [7, 11) is -4.15. The summed E-state index contributed by atoms with van der Waals surface area (Å²) in [5, 5.41) is 3.83. The van der Waals surface area contributed by atoms with E-state index in [4.69, 9.17) is 9.26 Å². The van der Waals surface area contributed by atoms with Crippen LogP contribution in [0.15, 0.2) is 57.9 Å². The number of aryl methyl sites for hydroxylation is 4. The van der Waals surface area contributed by atoms with Crippen LogP contribution >= 0.6 is 0 Å². The van der Waals surface area contributed by atoms with Crippen LogP contribution in [0.4, 0.5) is 18.9 Å². The summed E-state index contributed by atoms with van der Waals surface area (Å²) in [6, 6.07) is 14.3. The van der Waals surface area contributed by atoms with E-state index in [-0.39, 0.29) is 53.6 Å². The Hall–Kier alpha value is -3.75. The number of alkyl halides is 3. The number of nitrogens with zero attached hydrogens (tertiary/aromatic N) is 4. The maximum atomic E-state index is 14.1. The Morgan fingerprint density at radius 2 is 1.80 bits per heavy atom. The zero-order valence-corrected chi connectivity index (χ0v) is 26.3. The highest BCUT2D eigenvalue weighted by Crippen LogP contribution is 2.44. The predicted octanol–water partition coefficient (Wildman–Crippen LogP) is 4.05. The van der Waals surface area contributed by atoms with Crippen LogP contribution in [-0.2, 0) is 30.8 Å². The van der Waals surface area contributed by atoms with Crippen molar-refractivity contribution in [2.24, 2.45) is 5.92 Å². The summed E-state index contributed by atoms with van der Waals surface area (Å²) in [5.74, 6) is -2.66. The number of aromatic nitrogens is 1. The molecule has 10 nitrogen and oxygen atoms in total. The van der Waals surface area contributed by atoms with Crippen LogP contribution in [0.25, 0.3) is 0 Å². The molecule has 0 saturated carbocycles. The van der Waals surface area contributed by atoms with Crippen molar-refractivity contribution >= 4 is 28.1 Å². The molecule has 0 aliphatic carbocycles. The van der Waals surface area contributed by atoms with Crippen LogP contribution in [0.2, 0.25) is 0 Å². The molecular formula is C31H36F3N4O6S+. The first-order valence-electron chi connectivity index (χ1n) is 14.6. The van der Waals surface area contributed by atoms with E-state index in [1.807, 2.05) is 62.4 Å². The zero-order chi connectivity index (χ0) is 32.7. The number of esters is 1. The third kappa shape index (κ3) is 6.10. The molecule has 0 spiro atoms. The topological polar surface area (TPSA) is 110 Å². The first-order chi connectivity index (χ1) is 21.2. The van der Waals surface area contributed by atoms with E-state index in [2.05, 4.69) is 5.16 Å². The highest BCUT2D eigenvalue weighted by atomic mass is 32.2. The van der Waals surface area contributed by atoms with Gasteiger partial charge in [0.15, 0.2) is 5.76 Å². The normalized spacial score (nSPS) is 24.5. The Morgan fingerprint density at radius 3 is 2.42 bits per heavy atom. The number of sulfonamides is 1. The smallest absolute Gasteiger partial charge is 0.403 e. The lowest BCUT2D eigenvalue weighted by atomic mass is 9.89. The van der Waals surface area contributed by atoms with Gasteiger partial charge in [-0.15, -0.1) is 0 Å². The van der Waals surface area contributed by atoms with Crippen molar-refractivity contribution in [1.29, 1.82) is 0 Å². The summed E-state index contributed by atoms with van der Waals surface area (Å²) in [5.41, 5.74) is 3.28. The lowest BCUT2D eigenvalue weighted by Gasteiger charge is -2.53. The predicted molar refractivity (Wildman–Crippen MR) is 158 cm³/mol. The highest BCUT2D eigenvalue weighted by Gasteiger charge is 2.60. The van der Waals surface area contributed by atoms with Gasteiger partial charge in [0.2, 0.25) is 16.4 Å². The first-order valence-corrected chi connectivity index (χ1v) is 16.0. The minimum Gasteiger partial charge on any atom is -0.403 e. The number of ether oxygens (including phenoxy) is 1. The molecule has 0 radical (unpaired) electrons. The summed E-state index contributed by atoms with van der Waals surface area (Å²) < 4.78 is 81.0. The van der Waals surface area contributed by atoms with Crippen molar-refractivity contribution in [2.45, 2.75) is 57.5 Å². The van der Waals surface area contributed by atoms with Crippen LogP contribution in [0, 0.1) is 33.6 Å². The van der Waals surface area contributed by atoms with Crippen molar-refractivity contribution in [3.63, 3.8) is 0 Å². The molecule has 2 aliphatic heterocycles. The van der Waals surface area contributed by atoms with E-state index in [0.29, 0.717) is 18.5 Å². The lowest BCUT2D eigenvalue weighted by Crippen LogP contribution is -2.74. The van der Waals surface area contributed by atoms with E-state index in [0.717, 1.165) is 16.7 Å². The van der Waals surface area contributed by atoms with Crippen molar-refractivity contribution in [3.8, 4) is 0 Å². The van der Waals surface area contributed by atoms with Crippen molar-refractivity contribution in [2.75, 3.05) is 32.7 Å². The molecule has 1 aromatic heterocycles. The minimum atomic E-state index is -5.28. The molecule has 0 N–H and O–H groups in total. The number of carbonyl (C=O) groups excluding carboxylic acids is 2. The average Bonchev–Trinajstić information content (AvgIpc) is 3.57. The van der Waals surface area contributed by atoms with Crippen molar-refractivity contribution < 1.29 is 40.4 Å². The summed E-state index contributed by atoms with van der Waals surface area (Å²) in [6.45, 7) is 6.63. The fraction of sp³-hybridized carbons (Fsp3) is 0.452. The van der Waals surface area contributed by atoms with Crippen LogP contribution in [0.1, 0.15) is 28.1 Å². The second-order valence-corrected chi connectivity index (χ2v) is 13.8. The van der Waals surface area contributed by atoms with Gasteiger partial charge < -0.3 is 14.2 Å². The van der Waals surface area contributed by atoms with Crippen LogP contribution in [0.5, 0.6) is 0 Å². The van der Waals surface area contributed by atoms with Gasteiger partial charge in [-0.2, -0.15) is 17.5 Å². The van der Waals surface area contributed by atoms with Gasteiger partial charge in [-0.1, -0.05) is 47.6 Å². The zero-order valence-electron chi connectivity index (χ0n) is 25.5. The number of carbonyl (C=O) groups is 2. The van der Waals surface area contributed by atoms with Gasteiger partial charge in [0.25, 0.3) is 6.23 Å². The highest BCUT2D eigenvalue weighted by molar-refractivity contribution is 7.89. The van der Waals surface area contributed by atoms with E-state index in [1.165, 1.54) is 23.1 Å². The molecule has 2 aromatic carbocycles. The number of quaternary nitrogens is 1. The monoisotopic (exact) mass is 649 g/mol. The van der Waals surface area contributed by atoms with Crippen LogP contribution in [0.3, 0.4) is 0 Å². The molecule has 1 unspecified atom stereocenters.